The number of phosphoric ester groups is 1. The topological polar surface area (TPSA) is 97.0 Å². The molecule has 0 fully saturated rings. The first-order chi connectivity index (χ1) is 7.59. The smallest absolute Gasteiger partial charge is 0.448 e. The lowest BCUT2D eigenvalue weighted by Gasteiger charge is -2.03. The predicted octanol–water partition coefficient (Wildman–Crippen LogP) is 1.59. The van der Waals surface area contributed by atoms with Gasteiger partial charge in [0.25, 0.3) is 0 Å². The second-order valence-corrected chi connectivity index (χ2v) is 4.09. The van der Waals surface area contributed by atoms with E-state index in [0.717, 1.165) is 6.07 Å². The average Bonchev–Trinajstić information content (AvgIpc) is 2.60. The number of furan rings is 1. The highest BCUT2D eigenvalue weighted by Crippen LogP contribution is 2.36. The minimum atomic E-state index is -4.85. The number of ketones is 1. The van der Waals surface area contributed by atoms with E-state index in [-0.39, 0.29) is 0 Å². The molecule has 0 bridgehead atoms. The first-order valence-corrected chi connectivity index (χ1v) is 5.53. The molecule has 0 unspecified atom stereocenters. The molecule has 0 aliphatic heterocycles. The molecule has 0 atom stereocenters. The average molecular weight is 274 g/mol. The Morgan fingerprint density at radius 3 is 2.41 bits per heavy atom. The summed E-state index contributed by atoms with van der Waals surface area (Å²) in [6.07, 6.45) is -4.73. The molecular formula is C7H6F3O6P. The summed E-state index contributed by atoms with van der Waals surface area (Å²) >= 11 is 0. The van der Waals surface area contributed by atoms with Gasteiger partial charge in [-0.2, -0.15) is 13.2 Å². The quantitative estimate of drug-likeness (QED) is 0.639. The van der Waals surface area contributed by atoms with E-state index in [2.05, 4.69) is 8.94 Å². The lowest BCUT2D eigenvalue weighted by atomic mass is 10.3. The van der Waals surface area contributed by atoms with Gasteiger partial charge in [-0.05, 0) is 12.1 Å². The number of halogens is 3. The maximum absolute atomic E-state index is 12.1. The van der Waals surface area contributed by atoms with Gasteiger partial charge in [0.2, 0.25) is 11.5 Å². The fourth-order valence-corrected chi connectivity index (χ4v) is 1.14. The van der Waals surface area contributed by atoms with Crippen LogP contribution in [0.4, 0.5) is 13.2 Å². The Bertz CT molecular complexity index is 458. The Hall–Kier alpha value is -1.15. The summed E-state index contributed by atoms with van der Waals surface area (Å²) in [6, 6.07) is 1.28. The number of alkyl halides is 3. The van der Waals surface area contributed by atoms with Crippen LogP contribution in [0.25, 0.3) is 0 Å². The highest BCUT2D eigenvalue weighted by atomic mass is 31.2. The summed E-state index contributed by atoms with van der Waals surface area (Å²) in [5, 5.41) is 0. The van der Waals surface area contributed by atoms with Crippen molar-refractivity contribution in [2.75, 3.05) is 6.61 Å². The van der Waals surface area contributed by atoms with Gasteiger partial charge in [0.15, 0.2) is 5.76 Å². The number of rotatable bonds is 4. The highest BCUT2D eigenvalue weighted by Gasteiger charge is 2.35. The van der Waals surface area contributed by atoms with Crippen LogP contribution in [0.15, 0.2) is 16.5 Å². The van der Waals surface area contributed by atoms with Crippen molar-refractivity contribution in [3.63, 3.8) is 0 Å². The fraction of sp³-hybridized carbons (Fsp3) is 0.286. The van der Waals surface area contributed by atoms with Crippen LogP contribution < -0.4 is 0 Å². The molecule has 0 saturated heterocycles. The molecule has 0 amide bonds. The van der Waals surface area contributed by atoms with Gasteiger partial charge in [-0.15, -0.1) is 0 Å². The molecule has 0 aliphatic carbocycles. The lowest BCUT2D eigenvalue weighted by molar-refractivity contribution is -0.153. The van der Waals surface area contributed by atoms with Gasteiger partial charge in [0, 0.05) is 0 Å². The maximum atomic E-state index is 12.1. The molecule has 0 aromatic carbocycles. The molecule has 1 aromatic heterocycles. The normalized spacial score (nSPS) is 12.8. The van der Waals surface area contributed by atoms with Crippen molar-refractivity contribution < 1.29 is 41.3 Å². The van der Waals surface area contributed by atoms with Crippen molar-refractivity contribution in [3.8, 4) is 0 Å². The van der Waals surface area contributed by atoms with Crippen LogP contribution >= 0.6 is 7.82 Å². The Morgan fingerprint density at radius 1 is 1.41 bits per heavy atom. The van der Waals surface area contributed by atoms with E-state index in [4.69, 9.17) is 9.79 Å². The van der Waals surface area contributed by atoms with E-state index in [1.54, 1.807) is 0 Å². The summed E-state index contributed by atoms with van der Waals surface area (Å²) in [5.41, 5.74) is 0. The van der Waals surface area contributed by atoms with E-state index < -0.39 is 37.9 Å². The summed E-state index contributed by atoms with van der Waals surface area (Å²) in [4.78, 5) is 27.7. The molecule has 0 spiro atoms. The van der Waals surface area contributed by atoms with Crippen LogP contribution in [0.1, 0.15) is 16.3 Å². The number of Topliss-reactive ketones (excluding diaryl/α,β-unsaturated/α-hetero) is 1. The summed E-state index contributed by atoms with van der Waals surface area (Å²) in [5.74, 6) is -3.17. The zero-order valence-corrected chi connectivity index (χ0v) is 8.86. The molecule has 0 radical (unpaired) electrons. The molecule has 2 N–H and O–H groups in total. The van der Waals surface area contributed by atoms with Crippen molar-refractivity contribution in [3.05, 3.63) is 23.7 Å². The van der Waals surface area contributed by atoms with Crippen LogP contribution in [-0.4, -0.2) is 22.2 Å². The minimum Gasteiger partial charge on any atom is -0.448 e. The summed E-state index contributed by atoms with van der Waals surface area (Å²) in [6.45, 7) is -1.07. The monoisotopic (exact) mass is 274 g/mol. The molecule has 10 heteroatoms. The second kappa shape index (κ2) is 4.61. The fourth-order valence-electron chi connectivity index (χ4n) is 0.854. The number of carbonyl (C=O) groups excluding carboxylic acids is 1. The Labute approximate surface area is 92.2 Å². The number of phosphoric acid groups is 1. The van der Waals surface area contributed by atoms with E-state index in [9.17, 15) is 22.5 Å². The van der Waals surface area contributed by atoms with Crippen LogP contribution in [0.2, 0.25) is 0 Å². The van der Waals surface area contributed by atoms with Gasteiger partial charge in [0.05, 0.1) is 0 Å². The van der Waals surface area contributed by atoms with Crippen LogP contribution in [0, 0.1) is 0 Å². The van der Waals surface area contributed by atoms with Gasteiger partial charge >= 0.3 is 14.0 Å². The van der Waals surface area contributed by atoms with E-state index >= 15 is 0 Å². The van der Waals surface area contributed by atoms with E-state index in [1.165, 1.54) is 0 Å². The van der Waals surface area contributed by atoms with Crippen LogP contribution in [0.5, 0.6) is 0 Å². The van der Waals surface area contributed by atoms with Gasteiger partial charge in [-0.1, -0.05) is 0 Å². The molecule has 17 heavy (non-hydrogen) atoms. The zero-order valence-electron chi connectivity index (χ0n) is 7.97. The van der Waals surface area contributed by atoms with E-state index in [0.29, 0.717) is 6.07 Å². The molecule has 0 saturated carbocycles. The molecule has 6 nitrogen and oxygen atoms in total. The highest BCUT2D eigenvalue weighted by molar-refractivity contribution is 7.46. The third-order valence-electron chi connectivity index (χ3n) is 1.52. The zero-order chi connectivity index (χ0) is 13.3. The standard InChI is InChI=1S/C7H6F3O6P/c8-7(9,10)6-2-1-5(16-6)4(11)3-15-17(12,13)14/h1-2H,3H2,(H2,12,13,14). The van der Waals surface area contributed by atoms with Crippen LogP contribution in [0.3, 0.4) is 0 Å². The molecular weight excluding hydrogens is 268 g/mol. The summed E-state index contributed by atoms with van der Waals surface area (Å²) < 4.78 is 54.5. The third kappa shape index (κ3) is 4.31. The number of hydrogen-bond acceptors (Lipinski definition) is 4. The first-order valence-electron chi connectivity index (χ1n) is 4.00. The minimum absolute atomic E-state index is 0.532. The van der Waals surface area contributed by atoms with Crippen molar-refractivity contribution in [2.24, 2.45) is 0 Å². The number of carbonyl (C=O) groups is 1. The van der Waals surface area contributed by atoms with Crippen molar-refractivity contribution in [1.82, 2.24) is 0 Å². The molecule has 0 aliphatic rings. The Kier molecular flexibility index (Phi) is 3.78. The Morgan fingerprint density at radius 2 is 2.00 bits per heavy atom. The molecule has 1 rings (SSSR count). The molecule has 96 valence electrons. The number of hydrogen-bond donors (Lipinski definition) is 2. The van der Waals surface area contributed by atoms with Crippen molar-refractivity contribution in [2.45, 2.75) is 6.18 Å². The van der Waals surface area contributed by atoms with Gasteiger partial charge in [-0.25, -0.2) is 4.57 Å². The van der Waals surface area contributed by atoms with E-state index in [1.807, 2.05) is 0 Å². The van der Waals surface area contributed by atoms with Gasteiger partial charge in [0.1, 0.15) is 6.61 Å². The first kappa shape index (κ1) is 13.9. The SMILES string of the molecule is O=C(COP(=O)(O)O)c1ccc(C(F)(F)F)o1. The third-order valence-corrected chi connectivity index (χ3v) is 1.99. The summed E-state index contributed by atoms with van der Waals surface area (Å²) in [7, 11) is -4.85. The van der Waals surface area contributed by atoms with Gasteiger partial charge in [-0.3, -0.25) is 9.32 Å². The van der Waals surface area contributed by atoms with Crippen molar-refractivity contribution >= 4 is 13.6 Å². The second-order valence-electron chi connectivity index (χ2n) is 2.85. The van der Waals surface area contributed by atoms with Crippen molar-refractivity contribution in [1.29, 1.82) is 0 Å². The van der Waals surface area contributed by atoms with Crippen LogP contribution in [-0.2, 0) is 15.3 Å². The van der Waals surface area contributed by atoms with Gasteiger partial charge < -0.3 is 14.2 Å². The molecule has 1 aromatic rings. The largest absolute Gasteiger partial charge is 0.470 e. The molecule has 1 heterocycles. The predicted molar refractivity (Wildman–Crippen MR) is 46.0 cm³/mol. The maximum Gasteiger partial charge on any atom is 0.470 e. The Balaban J connectivity index is 2.71. The lowest BCUT2D eigenvalue weighted by Crippen LogP contribution is -2.07.